The molecule has 2 fully saturated rings. The van der Waals surface area contributed by atoms with Crippen molar-refractivity contribution in [3.63, 3.8) is 0 Å². The molecule has 172 valence electrons. The average Bonchev–Trinajstić information content (AvgIpc) is 3.35. The summed E-state index contributed by atoms with van der Waals surface area (Å²) in [6.07, 6.45) is 2.49. The molecule has 0 saturated carbocycles. The van der Waals surface area contributed by atoms with E-state index < -0.39 is 11.6 Å². The van der Waals surface area contributed by atoms with E-state index in [1.807, 2.05) is 20.8 Å². The number of nitrogens with zero attached hydrogens (tertiary/aromatic N) is 3. The topological polar surface area (TPSA) is 89.0 Å². The van der Waals surface area contributed by atoms with Crippen molar-refractivity contribution in [1.82, 2.24) is 14.8 Å². The summed E-state index contributed by atoms with van der Waals surface area (Å²) in [6, 6.07) is -0.530. The fourth-order valence-corrected chi connectivity index (χ4v) is 4.89. The van der Waals surface area contributed by atoms with Gasteiger partial charge in [0.2, 0.25) is 0 Å². The Morgan fingerprint density at radius 1 is 1.13 bits per heavy atom. The summed E-state index contributed by atoms with van der Waals surface area (Å²) < 4.78 is 10.8. The van der Waals surface area contributed by atoms with Gasteiger partial charge < -0.3 is 19.3 Å². The van der Waals surface area contributed by atoms with Crippen molar-refractivity contribution < 1.29 is 23.9 Å². The molecule has 31 heavy (non-hydrogen) atoms. The van der Waals surface area contributed by atoms with E-state index in [1.54, 1.807) is 29.0 Å². The van der Waals surface area contributed by atoms with Gasteiger partial charge in [0.05, 0.1) is 11.1 Å². The van der Waals surface area contributed by atoms with Crippen LogP contribution in [0.1, 0.15) is 81.7 Å². The van der Waals surface area contributed by atoms with Crippen LogP contribution in [-0.4, -0.2) is 70.1 Å². The van der Waals surface area contributed by atoms with Crippen molar-refractivity contribution in [2.45, 2.75) is 84.0 Å². The lowest BCUT2D eigenvalue weighted by molar-refractivity contribution is -0.152. The monoisotopic (exact) mass is 451 g/mol. The zero-order valence-corrected chi connectivity index (χ0v) is 19.9. The highest BCUT2D eigenvalue weighted by molar-refractivity contribution is 7.09. The predicted octanol–water partition coefficient (Wildman–Crippen LogP) is 3.81. The second-order valence-electron chi connectivity index (χ2n) is 9.45. The number of esters is 1. The minimum atomic E-state index is -0.530. The molecule has 9 heteroatoms. The summed E-state index contributed by atoms with van der Waals surface area (Å²) in [5, 5.41) is 2.69. The Morgan fingerprint density at radius 2 is 1.81 bits per heavy atom. The molecule has 3 rings (SSSR count). The van der Waals surface area contributed by atoms with E-state index in [1.165, 1.54) is 11.3 Å². The van der Waals surface area contributed by atoms with Crippen LogP contribution in [0, 0.1) is 0 Å². The quantitative estimate of drug-likeness (QED) is 0.647. The van der Waals surface area contributed by atoms with Gasteiger partial charge in [-0.15, -0.1) is 11.3 Å². The van der Waals surface area contributed by atoms with Crippen molar-refractivity contribution in [2.24, 2.45) is 0 Å². The first-order valence-electron chi connectivity index (χ1n) is 11.0. The SMILES string of the molecule is CC(C)OC(=O)C1CCCN1C(=O)c1csc(C2CCN(C(=O)OC(C)(C)C)CC2)n1. The zero-order chi connectivity index (χ0) is 22.8. The van der Waals surface area contributed by atoms with E-state index >= 15 is 0 Å². The van der Waals surface area contributed by atoms with Crippen LogP contribution in [0.25, 0.3) is 0 Å². The predicted molar refractivity (Wildman–Crippen MR) is 117 cm³/mol. The molecular formula is C22H33N3O5S. The van der Waals surface area contributed by atoms with E-state index in [0.29, 0.717) is 31.7 Å². The van der Waals surface area contributed by atoms with Crippen LogP contribution in [0.4, 0.5) is 4.79 Å². The van der Waals surface area contributed by atoms with Gasteiger partial charge in [-0.3, -0.25) is 4.79 Å². The van der Waals surface area contributed by atoms with E-state index in [9.17, 15) is 14.4 Å². The van der Waals surface area contributed by atoms with Crippen molar-refractivity contribution in [3.8, 4) is 0 Å². The molecule has 0 N–H and O–H groups in total. The van der Waals surface area contributed by atoms with Gasteiger partial charge in [-0.2, -0.15) is 0 Å². The fraction of sp³-hybridized carbons (Fsp3) is 0.727. The summed E-state index contributed by atoms with van der Waals surface area (Å²) in [4.78, 5) is 45.5. The molecule has 1 aromatic rings. The second kappa shape index (κ2) is 9.54. The first-order valence-corrected chi connectivity index (χ1v) is 11.9. The second-order valence-corrected chi connectivity index (χ2v) is 10.3. The molecule has 1 unspecified atom stereocenters. The Hall–Kier alpha value is -2.16. The molecule has 2 aliphatic heterocycles. The Morgan fingerprint density at radius 3 is 2.42 bits per heavy atom. The molecule has 1 aromatic heterocycles. The number of piperidine rings is 1. The summed E-state index contributed by atoms with van der Waals surface area (Å²) >= 11 is 1.47. The van der Waals surface area contributed by atoms with Gasteiger partial charge >= 0.3 is 12.1 Å². The van der Waals surface area contributed by atoms with Crippen LogP contribution < -0.4 is 0 Å². The van der Waals surface area contributed by atoms with Crippen LogP contribution in [-0.2, 0) is 14.3 Å². The van der Waals surface area contributed by atoms with Crippen molar-refractivity contribution in [1.29, 1.82) is 0 Å². The van der Waals surface area contributed by atoms with E-state index in [2.05, 4.69) is 4.98 Å². The lowest BCUT2D eigenvalue weighted by Gasteiger charge is -2.32. The number of carbonyl (C=O) groups is 3. The van der Waals surface area contributed by atoms with Crippen LogP contribution in [0.3, 0.4) is 0 Å². The maximum atomic E-state index is 13.0. The molecule has 1 atom stereocenters. The first kappa shape index (κ1) is 23.5. The van der Waals surface area contributed by atoms with Crippen molar-refractivity contribution >= 4 is 29.3 Å². The minimum absolute atomic E-state index is 0.206. The molecule has 0 spiro atoms. The van der Waals surface area contributed by atoms with E-state index in [0.717, 1.165) is 24.3 Å². The lowest BCUT2D eigenvalue weighted by atomic mass is 9.98. The number of amides is 2. The highest BCUT2D eigenvalue weighted by Gasteiger charge is 2.37. The maximum absolute atomic E-state index is 13.0. The number of hydrogen-bond acceptors (Lipinski definition) is 7. The summed E-state index contributed by atoms with van der Waals surface area (Å²) in [6.45, 7) is 10.9. The standard InChI is InChI=1S/C22H33N3O5S/c1-14(2)29-20(27)17-7-6-10-25(17)19(26)16-13-31-18(23-16)15-8-11-24(12-9-15)21(28)30-22(3,4)5/h13-15,17H,6-12H2,1-5H3. The normalized spacial score (nSPS) is 20.3. The molecule has 8 nitrogen and oxygen atoms in total. The molecule has 2 aliphatic rings. The van der Waals surface area contributed by atoms with E-state index in [4.69, 9.17) is 9.47 Å². The van der Waals surface area contributed by atoms with Gasteiger partial charge in [-0.05, 0) is 60.3 Å². The van der Waals surface area contributed by atoms with Gasteiger partial charge in [0.25, 0.3) is 5.91 Å². The molecule has 0 aliphatic carbocycles. The van der Waals surface area contributed by atoms with Crippen molar-refractivity contribution in [2.75, 3.05) is 19.6 Å². The lowest BCUT2D eigenvalue weighted by Crippen LogP contribution is -2.42. The molecule has 2 amide bonds. The number of likely N-dealkylation sites (tertiary alicyclic amines) is 2. The first-order chi connectivity index (χ1) is 14.5. The Kier molecular flexibility index (Phi) is 7.24. The number of carbonyl (C=O) groups excluding carboxylic acids is 3. The minimum Gasteiger partial charge on any atom is -0.461 e. The number of hydrogen-bond donors (Lipinski definition) is 0. The molecule has 0 bridgehead atoms. The van der Waals surface area contributed by atoms with Crippen LogP contribution in [0.5, 0.6) is 0 Å². The third-order valence-corrected chi connectivity index (χ3v) is 6.38. The third-order valence-electron chi connectivity index (χ3n) is 5.37. The van der Waals surface area contributed by atoms with Crippen LogP contribution >= 0.6 is 11.3 Å². The van der Waals surface area contributed by atoms with Gasteiger partial charge in [0.15, 0.2) is 0 Å². The van der Waals surface area contributed by atoms with Crippen molar-refractivity contribution in [3.05, 3.63) is 16.1 Å². The summed E-state index contributed by atoms with van der Waals surface area (Å²) in [7, 11) is 0. The number of rotatable bonds is 4. The number of aromatic nitrogens is 1. The zero-order valence-electron chi connectivity index (χ0n) is 19.1. The molecule has 2 saturated heterocycles. The fourth-order valence-electron chi connectivity index (χ4n) is 3.92. The van der Waals surface area contributed by atoms with Gasteiger partial charge in [0, 0.05) is 30.9 Å². The van der Waals surface area contributed by atoms with Gasteiger partial charge in [-0.1, -0.05) is 0 Å². The molecular weight excluding hydrogens is 418 g/mol. The van der Waals surface area contributed by atoms with Crippen LogP contribution in [0.15, 0.2) is 5.38 Å². The van der Waals surface area contributed by atoms with Crippen LogP contribution in [0.2, 0.25) is 0 Å². The Bertz CT molecular complexity index is 808. The van der Waals surface area contributed by atoms with E-state index in [-0.39, 0.29) is 30.0 Å². The molecule has 3 heterocycles. The number of ether oxygens (including phenoxy) is 2. The highest BCUT2D eigenvalue weighted by Crippen LogP contribution is 2.32. The van der Waals surface area contributed by atoms with Gasteiger partial charge in [-0.25, -0.2) is 14.6 Å². The largest absolute Gasteiger partial charge is 0.461 e. The van der Waals surface area contributed by atoms with Gasteiger partial charge in [0.1, 0.15) is 17.3 Å². The maximum Gasteiger partial charge on any atom is 0.410 e. The summed E-state index contributed by atoms with van der Waals surface area (Å²) in [5.41, 5.74) is -0.119. The molecule has 0 radical (unpaired) electrons. The average molecular weight is 452 g/mol. The highest BCUT2D eigenvalue weighted by atomic mass is 32.1. The summed E-state index contributed by atoms with van der Waals surface area (Å²) in [5.74, 6) is -0.340. The Balaban J connectivity index is 1.58. The molecule has 0 aromatic carbocycles. The smallest absolute Gasteiger partial charge is 0.410 e. The third kappa shape index (κ3) is 5.96. The Labute approximate surface area is 187 Å². The number of thiazole rings is 1.